The Hall–Kier alpha value is -1.38. The van der Waals surface area contributed by atoms with Crippen molar-refractivity contribution < 1.29 is 4.79 Å². The number of fused-ring (bicyclic) bond motifs is 1. The Morgan fingerprint density at radius 3 is 3.06 bits per heavy atom. The maximum atomic E-state index is 11.7. The van der Waals surface area contributed by atoms with Gasteiger partial charge in [0.2, 0.25) is 5.91 Å². The number of amides is 1. The Morgan fingerprint density at radius 2 is 2.33 bits per heavy atom. The number of anilines is 1. The molecular formula is C13H17N3OS. The van der Waals surface area contributed by atoms with Crippen LogP contribution in [-0.4, -0.2) is 19.5 Å². The molecule has 2 N–H and O–H groups in total. The van der Waals surface area contributed by atoms with Gasteiger partial charge in [0.15, 0.2) is 0 Å². The predicted octanol–water partition coefficient (Wildman–Crippen LogP) is 2.05. The van der Waals surface area contributed by atoms with Crippen molar-refractivity contribution in [2.24, 2.45) is 0 Å². The van der Waals surface area contributed by atoms with Crippen LogP contribution in [0.15, 0.2) is 0 Å². The molecule has 1 aliphatic rings. The fourth-order valence-corrected chi connectivity index (χ4v) is 3.48. The summed E-state index contributed by atoms with van der Waals surface area (Å²) in [4.78, 5) is 13.0. The quantitative estimate of drug-likeness (QED) is 0.799. The van der Waals surface area contributed by atoms with Gasteiger partial charge in [-0.1, -0.05) is 0 Å². The predicted molar refractivity (Wildman–Crippen MR) is 72.8 cm³/mol. The number of hydrogen-bond donors (Lipinski definition) is 2. The molecule has 1 aromatic rings. The molecule has 1 heterocycles. The van der Waals surface area contributed by atoms with E-state index in [1.165, 1.54) is 4.88 Å². The summed E-state index contributed by atoms with van der Waals surface area (Å²) in [7, 11) is 1.87. The highest BCUT2D eigenvalue weighted by molar-refractivity contribution is 7.16. The molecule has 0 bridgehead atoms. The minimum absolute atomic E-state index is 0.00155. The second kappa shape index (κ2) is 5.98. The highest BCUT2D eigenvalue weighted by Crippen LogP contribution is 2.38. The van der Waals surface area contributed by atoms with E-state index in [0.717, 1.165) is 42.8 Å². The van der Waals surface area contributed by atoms with E-state index >= 15 is 0 Å². The van der Waals surface area contributed by atoms with Crippen molar-refractivity contribution in [1.29, 1.82) is 5.26 Å². The zero-order chi connectivity index (χ0) is 13.0. The van der Waals surface area contributed by atoms with Crippen molar-refractivity contribution in [2.45, 2.75) is 32.1 Å². The highest BCUT2D eigenvalue weighted by atomic mass is 32.1. The molecule has 0 saturated heterocycles. The molecule has 0 aliphatic heterocycles. The molecule has 2 rings (SSSR count). The first kappa shape index (κ1) is 13.1. The van der Waals surface area contributed by atoms with Crippen LogP contribution in [0, 0.1) is 11.3 Å². The van der Waals surface area contributed by atoms with E-state index in [9.17, 15) is 10.1 Å². The second-order valence-corrected chi connectivity index (χ2v) is 5.53. The summed E-state index contributed by atoms with van der Waals surface area (Å²) in [6.07, 6.45) is 4.46. The molecule has 18 heavy (non-hydrogen) atoms. The topological polar surface area (TPSA) is 64.9 Å². The van der Waals surface area contributed by atoms with Crippen LogP contribution in [0.4, 0.5) is 5.00 Å². The summed E-state index contributed by atoms with van der Waals surface area (Å²) in [5, 5.41) is 15.8. The zero-order valence-electron chi connectivity index (χ0n) is 10.5. The number of hydrogen-bond acceptors (Lipinski definition) is 4. The number of nitriles is 1. The van der Waals surface area contributed by atoms with Crippen LogP contribution in [0.2, 0.25) is 0 Å². The van der Waals surface area contributed by atoms with Gasteiger partial charge in [-0.2, -0.15) is 5.26 Å². The molecule has 0 radical (unpaired) electrons. The summed E-state index contributed by atoms with van der Waals surface area (Å²) in [5.74, 6) is 0.00155. The number of rotatable bonds is 5. The van der Waals surface area contributed by atoms with Crippen LogP contribution in [0.1, 0.15) is 35.3 Å². The smallest absolute Gasteiger partial charge is 0.225 e. The monoisotopic (exact) mass is 263 g/mol. The lowest BCUT2D eigenvalue weighted by atomic mass is 10.1. The number of thiophene rings is 1. The maximum Gasteiger partial charge on any atom is 0.225 e. The lowest BCUT2D eigenvalue weighted by molar-refractivity contribution is -0.116. The largest absolute Gasteiger partial charge is 0.320 e. The van der Waals surface area contributed by atoms with E-state index in [1.807, 2.05) is 7.05 Å². The van der Waals surface area contributed by atoms with Gasteiger partial charge in [0.1, 0.15) is 11.1 Å². The van der Waals surface area contributed by atoms with E-state index in [2.05, 4.69) is 16.7 Å². The van der Waals surface area contributed by atoms with Gasteiger partial charge in [0, 0.05) is 11.3 Å². The summed E-state index contributed by atoms with van der Waals surface area (Å²) in [6.45, 7) is 0.833. The molecule has 1 aromatic heterocycles. The molecule has 4 nitrogen and oxygen atoms in total. The summed E-state index contributed by atoms with van der Waals surface area (Å²) in [6, 6.07) is 2.23. The molecular weight excluding hydrogens is 246 g/mol. The van der Waals surface area contributed by atoms with Gasteiger partial charge in [0.05, 0.1) is 5.56 Å². The molecule has 0 saturated carbocycles. The molecule has 0 unspecified atom stereocenters. The van der Waals surface area contributed by atoms with Gasteiger partial charge < -0.3 is 10.6 Å². The Balaban J connectivity index is 2.02. The first-order chi connectivity index (χ1) is 8.76. The van der Waals surface area contributed by atoms with Crippen LogP contribution in [0.5, 0.6) is 0 Å². The summed E-state index contributed by atoms with van der Waals surface area (Å²) in [5.41, 5.74) is 1.85. The second-order valence-electron chi connectivity index (χ2n) is 4.43. The standard InChI is InChI=1S/C13H17N3OS/c1-15-7-3-6-12(17)16-13-10(8-14)9-4-2-5-11(9)18-13/h15H,2-7H2,1H3,(H,16,17). The zero-order valence-corrected chi connectivity index (χ0v) is 11.3. The van der Waals surface area contributed by atoms with Gasteiger partial charge in [0.25, 0.3) is 0 Å². The molecule has 1 amide bonds. The van der Waals surface area contributed by atoms with Crippen molar-refractivity contribution in [3.05, 3.63) is 16.0 Å². The van der Waals surface area contributed by atoms with E-state index in [0.29, 0.717) is 12.0 Å². The van der Waals surface area contributed by atoms with E-state index in [1.54, 1.807) is 11.3 Å². The minimum atomic E-state index is 0.00155. The third kappa shape index (κ3) is 2.71. The van der Waals surface area contributed by atoms with E-state index < -0.39 is 0 Å². The number of nitrogens with one attached hydrogen (secondary N) is 2. The average Bonchev–Trinajstić information content (AvgIpc) is 2.89. The van der Waals surface area contributed by atoms with Gasteiger partial charge in [-0.3, -0.25) is 4.79 Å². The highest BCUT2D eigenvalue weighted by Gasteiger charge is 2.22. The van der Waals surface area contributed by atoms with Gasteiger partial charge >= 0.3 is 0 Å². The fourth-order valence-electron chi connectivity index (χ4n) is 2.23. The molecule has 0 atom stereocenters. The van der Waals surface area contributed by atoms with Crippen LogP contribution in [0.3, 0.4) is 0 Å². The van der Waals surface area contributed by atoms with Crippen LogP contribution in [0.25, 0.3) is 0 Å². The van der Waals surface area contributed by atoms with E-state index in [4.69, 9.17) is 0 Å². The Kier molecular flexibility index (Phi) is 4.34. The van der Waals surface area contributed by atoms with Gasteiger partial charge in [-0.25, -0.2) is 0 Å². The van der Waals surface area contributed by atoms with Crippen LogP contribution < -0.4 is 10.6 Å². The number of carbonyl (C=O) groups excluding carboxylic acids is 1. The maximum absolute atomic E-state index is 11.7. The first-order valence-electron chi connectivity index (χ1n) is 6.25. The molecule has 1 aliphatic carbocycles. The number of aryl methyl sites for hydroxylation is 1. The van der Waals surface area contributed by atoms with Crippen molar-refractivity contribution in [2.75, 3.05) is 18.9 Å². The normalized spacial score (nSPS) is 13.1. The Morgan fingerprint density at radius 1 is 1.50 bits per heavy atom. The average molecular weight is 263 g/mol. The lowest BCUT2D eigenvalue weighted by Crippen LogP contribution is -2.15. The van der Waals surface area contributed by atoms with Crippen LogP contribution in [-0.2, 0) is 17.6 Å². The minimum Gasteiger partial charge on any atom is -0.320 e. The van der Waals surface area contributed by atoms with Crippen LogP contribution >= 0.6 is 11.3 Å². The van der Waals surface area contributed by atoms with Crippen molar-refractivity contribution >= 4 is 22.2 Å². The summed E-state index contributed by atoms with van der Waals surface area (Å²) >= 11 is 1.57. The third-order valence-corrected chi connectivity index (χ3v) is 4.32. The Bertz CT molecular complexity index is 487. The van der Waals surface area contributed by atoms with Gasteiger partial charge in [-0.05, 0) is 44.8 Å². The van der Waals surface area contributed by atoms with E-state index in [-0.39, 0.29) is 5.91 Å². The number of nitrogens with zero attached hydrogens (tertiary/aromatic N) is 1. The molecule has 0 aromatic carbocycles. The molecule has 5 heteroatoms. The third-order valence-electron chi connectivity index (χ3n) is 3.12. The molecule has 96 valence electrons. The Labute approximate surface area is 111 Å². The molecule has 0 spiro atoms. The first-order valence-corrected chi connectivity index (χ1v) is 7.07. The summed E-state index contributed by atoms with van der Waals surface area (Å²) < 4.78 is 0. The van der Waals surface area contributed by atoms with Crippen molar-refractivity contribution in [3.63, 3.8) is 0 Å². The van der Waals surface area contributed by atoms with Crippen molar-refractivity contribution in [1.82, 2.24) is 5.32 Å². The van der Waals surface area contributed by atoms with Crippen molar-refractivity contribution in [3.8, 4) is 6.07 Å². The SMILES string of the molecule is CNCCCC(=O)Nc1sc2c(c1C#N)CCC2. The number of carbonyl (C=O) groups is 1. The lowest BCUT2D eigenvalue weighted by Gasteiger charge is -2.03. The van der Waals surface area contributed by atoms with Gasteiger partial charge in [-0.15, -0.1) is 11.3 Å². The fraction of sp³-hybridized carbons (Fsp3) is 0.538. The molecule has 0 fully saturated rings.